The highest BCUT2D eigenvalue weighted by molar-refractivity contribution is 5.33. The van der Waals surface area contributed by atoms with Crippen molar-refractivity contribution < 1.29 is 22.0 Å². The van der Waals surface area contributed by atoms with Crippen LogP contribution in [0.25, 0.3) is 0 Å². The highest BCUT2D eigenvalue weighted by Crippen LogP contribution is 2.22. The Balaban J connectivity index is 2.54. The number of nitrogens with zero attached hydrogens (tertiary/aromatic N) is 1. The van der Waals surface area contributed by atoms with Crippen molar-refractivity contribution >= 4 is 5.82 Å². The smallest absolute Gasteiger partial charge is 0.324 e. The maximum absolute atomic E-state index is 12.4. The number of rotatable bonds is 4. The van der Waals surface area contributed by atoms with Crippen LogP contribution in [0, 0.1) is 5.82 Å². The second-order valence-corrected chi connectivity index (χ2v) is 2.78. The van der Waals surface area contributed by atoms with Gasteiger partial charge in [-0.15, -0.1) is 0 Å². The van der Waals surface area contributed by atoms with E-state index in [2.05, 4.69) is 4.98 Å². The monoisotopic (exact) mass is 226 g/mol. The summed E-state index contributed by atoms with van der Waals surface area (Å²) < 4.78 is 60.5. The topological polar surface area (TPSA) is 24.9 Å². The lowest BCUT2D eigenvalue weighted by atomic mass is 10.3. The van der Waals surface area contributed by atoms with Crippen molar-refractivity contribution in [3.63, 3.8) is 0 Å². The van der Waals surface area contributed by atoms with Crippen LogP contribution in [0.3, 0.4) is 0 Å². The normalized spacial score (nSPS) is 11.9. The summed E-state index contributed by atoms with van der Waals surface area (Å²) in [5.74, 6) is -4.85. The first kappa shape index (κ1) is 11.7. The number of alkyl halides is 4. The summed E-state index contributed by atoms with van der Waals surface area (Å²) >= 11 is 0. The van der Waals surface area contributed by atoms with E-state index >= 15 is 0 Å². The van der Waals surface area contributed by atoms with Gasteiger partial charge in [-0.25, -0.2) is 18.2 Å². The van der Waals surface area contributed by atoms with Crippen LogP contribution in [0.1, 0.15) is 0 Å². The molecule has 7 heteroatoms. The van der Waals surface area contributed by atoms with Gasteiger partial charge in [0.25, 0.3) is 0 Å². The molecule has 0 aromatic carbocycles. The summed E-state index contributed by atoms with van der Waals surface area (Å²) in [7, 11) is 0. The van der Waals surface area contributed by atoms with E-state index in [1.165, 1.54) is 0 Å². The molecule has 0 aliphatic carbocycles. The highest BCUT2D eigenvalue weighted by Gasteiger charge is 2.40. The number of anilines is 1. The lowest BCUT2D eigenvalue weighted by molar-refractivity contribution is -0.117. The number of pyridine rings is 1. The molecule has 0 radical (unpaired) electrons. The molecule has 0 amide bonds. The Kier molecular flexibility index (Phi) is 3.43. The lowest BCUT2D eigenvalue weighted by Gasteiger charge is -2.15. The van der Waals surface area contributed by atoms with Gasteiger partial charge in [0.05, 0.1) is 12.7 Å². The molecule has 84 valence electrons. The molecule has 2 nitrogen and oxygen atoms in total. The zero-order valence-corrected chi connectivity index (χ0v) is 7.35. The van der Waals surface area contributed by atoms with Gasteiger partial charge in [-0.3, -0.25) is 0 Å². The number of nitrogens with one attached hydrogen (secondary N) is 1. The van der Waals surface area contributed by atoms with Crippen LogP contribution in [-0.4, -0.2) is 23.9 Å². The van der Waals surface area contributed by atoms with Gasteiger partial charge in [-0.05, 0) is 12.1 Å². The van der Waals surface area contributed by atoms with E-state index in [9.17, 15) is 22.0 Å². The predicted octanol–water partition coefficient (Wildman–Crippen LogP) is 2.53. The predicted molar refractivity (Wildman–Crippen MR) is 43.6 cm³/mol. The van der Waals surface area contributed by atoms with Crippen LogP contribution < -0.4 is 5.32 Å². The van der Waals surface area contributed by atoms with Crippen LogP contribution in [0.2, 0.25) is 0 Å². The van der Waals surface area contributed by atoms with Crippen molar-refractivity contribution in [1.82, 2.24) is 4.98 Å². The van der Waals surface area contributed by atoms with E-state index in [1.807, 2.05) is 5.32 Å². The third-order valence-electron chi connectivity index (χ3n) is 1.55. The van der Waals surface area contributed by atoms with E-state index in [0.717, 1.165) is 18.3 Å². The molecule has 0 bridgehead atoms. The van der Waals surface area contributed by atoms with Crippen molar-refractivity contribution in [3.05, 3.63) is 24.1 Å². The zero-order chi connectivity index (χ0) is 11.5. The fourth-order valence-electron chi connectivity index (χ4n) is 0.766. The van der Waals surface area contributed by atoms with E-state index < -0.39 is 24.7 Å². The van der Waals surface area contributed by atoms with E-state index in [1.54, 1.807) is 0 Å². The Morgan fingerprint density at radius 2 is 2.00 bits per heavy atom. The minimum Gasteiger partial charge on any atom is -0.364 e. The number of halogens is 5. The van der Waals surface area contributed by atoms with Gasteiger partial charge in [-0.1, -0.05) is 0 Å². The minimum atomic E-state index is -4.13. The number of hydrogen-bond acceptors (Lipinski definition) is 2. The van der Waals surface area contributed by atoms with Gasteiger partial charge in [0.2, 0.25) is 0 Å². The van der Waals surface area contributed by atoms with Gasteiger partial charge in [0, 0.05) is 0 Å². The molecule has 15 heavy (non-hydrogen) atoms. The largest absolute Gasteiger partial charge is 0.364 e. The Morgan fingerprint density at radius 3 is 2.47 bits per heavy atom. The van der Waals surface area contributed by atoms with Gasteiger partial charge in [0.15, 0.2) is 0 Å². The molecule has 0 unspecified atom stereocenters. The second-order valence-electron chi connectivity index (χ2n) is 2.78. The van der Waals surface area contributed by atoms with Crippen molar-refractivity contribution in [2.45, 2.75) is 12.3 Å². The number of aromatic nitrogens is 1. The molecule has 1 aromatic heterocycles. The van der Waals surface area contributed by atoms with Gasteiger partial charge < -0.3 is 5.32 Å². The van der Waals surface area contributed by atoms with Crippen LogP contribution in [0.4, 0.5) is 27.8 Å². The molecule has 1 aromatic rings. The minimum absolute atomic E-state index is 0.0864. The Morgan fingerprint density at radius 1 is 1.33 bits per heavy atom. The fraction of sp³-hybridized carbons (Fsp3) is 0.375. The summed E-state index contributed by atoms with van der Waals surface area (Å²) in [6, 6.07) is 2.06. The molecular weight excluding hydrogens is 219 g/mol. The van der Waals surface area contributed by atoms with Crippen LogP contribution in [-0.2, 0) is 0 Å². The Hall–Kier alpha value is -1.40. The van der Waals surface area contributed by atoms with E-state index in [-0.39, 0.29) is 5.82 Å². The average molecular weight is 226 g/mol. The van der Waals surface area contributed by atoms with E-state index in [4.69, 9.17) is 0 Å². The third kappa shape index (κ3) is 3.34. The first-order chi connectivity index (χ1) is 6.92. The molecule has 1 N–H and O–H groups in total. The van der Waals surface area contributed by atoms with Crippen molar-refractivity contribution in [2.75, 3.05) is 11.9 Å². The molecular formula is C8H7F5N2. The summed E-state index contributed by atoms with van der Waals surface area (Å²) in [6.07, 6.45) is -2.95. The lowest BCUT2D eigenvalue weighted by Crippen LogP contribution is -2.35. The molecule has 0 fully saturated rings. The molecule has 0 aliphatic rings. The van der Waals surface area contributed by atoms with E-state index in [0.29, 0.717) is 0 Å². The first-order valence-corrected chi connectivity index (χ1v) is 3.93. The summed E-state index contributed by atoms with van der Waals surface area (Å²) in [6.45, 7) is -1.25. The summed E-state index contributed by atoms with van der Waals surface area (Å²) in [5.41, 5.74) is 0. The molecule has 0 saturated carbocycles. The third-order valence-corrected chi connectivity index (χ3v) is 1.55. The molecule has 0 aliphatic heterocycles. The first-order valence-electron chi connectivity index (χ1n) is 3.93. The maximum atomic E-state index is 12.4. The molecule has 0 spiro atoms. The Labute approximate surface area is 82.1 Å². The highest BCUT2D eigenvalue weighted by atomic mass is 19.3. The van der Waals surface area contributed by atoms with Crippen molar-refractivity contribution in [2.24, 2.45) is 0 Å². The number of hydrogen-bond donors (Lipinski definition) is 1. The van der Waals surface area contributed by atoms with Crippen LogP contribution >= 0.6 is 0 Å². The summed E-state index contributed by atoms with van der Waals surface area (Å²) in [4.78, 5) is 3.38. The quantitative estimate of drug-likeness (QED) is 0.798. The second kappa shape index (κ2) is 4.41. The van der Waals surface area contributed by atoms with Gasteiger partial charge in [0.1, 0.15) is 11.6 Å². The van der Waals surface area contributed by atoms with Crippen LogP contribution in [0.15, 0.2) is 18.3 Å². The molecule has 0 saturated heterocycles. The van der Waals surface area contributed by atoms with Crippen LogP contribution in [0.5, 0.6) is 0 Å². The Bertz CT molecular complexity index is 311. The zero-order valence-electron chi connectivity index (χ0n) is 7.35. The average Bonchev–Trinajstić information content (AvgIpc) is 2.17. The molecule has 1 rings (SSSR count). The van der Waals surface area contributed by atoms with Gasteiger partial charge in [-0.2, -0.15) is 8.78 Å². The van der Waals surface area contributed by atoms with Gasteiger partial charge >= 0.3 is 12.3 Å². The fourth-order valence-corrected chi connectivity index (χ4v) is 0.766. The standard InChI is InChI=1S/C8H7F5N2/c9-5-1-2-6(14-3-5)15-4-8(12,13)7(10)11/h1-3,7H,4H2,(H,14,15). The maximum Gasteiger partial charge on any atom is 0.324 e. The molecule has 0 atom stereocenters. The van der Waals surface area contributed by atoms with Crippen molar-refractivity contribution in [1.29, 1.82) is 0 Å². The SMILES string of the molecule is Fc1ccc(NCC(F)(F)C(F)F)nc1. The summed E-state index contributed by atoms with van der Waals surface area (Å²) in [5, 5.41) is 1.99. The molecule has 1 heterocycles. The van der Waals surface area contributed by atoms with Crippen molar-refractivity contribution in [3.8, 4) is 0 Å².